The van der Waals surface area contributed by atoms with Crippen LogP contribution in [0.1, 0.15) is 10.4 Å². The van der Waals surface area contributed by atoms with Crippen molar-refractivity contribution in [3.05, 3.63) is 35.4 Å². The molecule has 0 bridgehead atoms. The molecule has 0 saturated carbocycles. The molecule has 1 aliphatic rings. The van der Waals surface area contributed by atoms with Crippen LogP contribution in [0.3, 0.4) is 0 Å². The van der Waals surface area contributed by atoms with Gasteiger partial charge in [0.15, 0.2) is 5.78 Å². The lowest BCUT2D eigenvalue weighted by molar-refractivity contribution is -0.147. The van der Waals surface area contributed by atoms with E-state index in [1.807, 2.05) is 0 Å². The molecule has 1 unspecified atom stereocenters. The van der Waals surface area contributed by atoms with Gasteiger partial charge in [0.05, 0.1) is 19.2 Å². The molecule has 0 aliphatic carbocycles. The predicted molar refractivity (Wildman–Crippen MR) is 62.8 cm³/mol. The van der Waals surface area contributed by atoms with Crippen LogP contribution in [-0.4, -0.2) is 42.8 Å². The summed E-state index contributed by atoms with van der Waals surface area (Å²) in [5.74, 6) is -4.82. The summed E-state index contributed by atoms with van der Waals surface area (Å²) in [4.78, 5) is 36.0. The number of hydrogen-bond acceptors (Lipinski definition) is 4. The van der Waals surface area contributed by atoms with Crippen molar-refractivity contribution < 1.29 is 27.9 Å². The van der Waals surface area contributed by atoms with Crippen molar-refractivity contribution in [2.75, 3.05) is 20.2 Å². The zero-order valence-corrected chi connectivity index (χ0v) is 10.6. The average Bonchev–Trinajstić information content (AvgIpc) is 2.79. The van der Waals surface area contributed by atoms with E-state index in [1.165, 1.54) is 0 Å². The van der Waals surface area contributed by atoms with Gasteiger partial charge in [-0.1, -0.05) is 0 Å². The number of esters is 1. The number of halogens is 2. The Morgan fingerprint density at radius 2 is 2.05 bits per heavy atom. The van der Waals surface area contributed by atoms with Gasteiger partial charge < -0.3 is 9.64 Å². The molecule has 2 rings (SSSR count). The van der Waals surface area contributed by atoms with Crippen molar-refractivity contribution in [1.82, 2.24) is 4.90 Å². The highest BCUT2D eigenvalue weighted by Gasteiger charge is 2.39. The second kappa shape index (κ2) is 5.36. The third-order valence-electron chi connectivity index (χ3n) is 3.07. The van der Waals surface area contributed by atoms with Gasteiger partial charge in [-0.15, -0.1) is 0 Å². The third-order valence-corrected chi connectivity index (χ3v) is 3.07. The lowest BCUT2D eigenvalue weighted by Gasteiger charge is -2.15. The van der Waals surface area contributed by atoms with Gasteiger partial charge in [0.25, 0.3) is 5.91 Å². The van der Waals surface area contributed by atoms with Gasteiger partial charge in [-0.05, 0) is 12.1 Å². The van der Waals surface area contributed by atoms with Crippen molar-refractivity contribution in [2.45, 2.75) is 0 Å². The minimum absolute atomic E-state index is 0.166. The number of rotatable bonds is 2. The van der Waals surface area contributed by atoms with Crippen LogP contribution in [0, 0.1) is 17.6 Å². The number of amides is 1. The highest BCUT2D eigenvalue weighted by molar-refractivity contribution is 6.06. The Hall–Kier alpha value is -2.31. The van der Waals surface area contributed by atoms with E-state index >= 15 is 0 Å². The molecular weight excluding hydrogens is 272 g/mol. The molecule has 7 heteroatoms. The van der Waals surface area contributed by atoms with Crippen LogP contribution < -0.4 is 0 Å². The Morgan fingerprint density at radius 1 is 1.35 bits per heavy atom. The van der Waals surface area contributed by atoms with Gasteiger partial charge in [-0.25, -0.2) is 8.78 Å². The van der Waals surface area contributed by atoms with Crippen molar-refractivity contribution >= 4 is 17.7 Å². The van der Waals surface area contributed by atoms with E-state index in [0.717, 1.165) is 24.1 Å². The summed E-state index contributed by atoms with van der Waals surface area (Å²) in [6, 6.07) is 2.54. The molecule has 1 heterocycles. The number of ether oxygens (including phenoxy) is 1. The molecule has 1 amide bonds. The number of likely N-dealkylation sites (tertiary alicyclic amines) is 1. The van der Waals surface area contributed by atoms with Gasteiger partial charge in [0.1, 0.15) is 17.6 Å². The lowest BCUT2D eigenvalue weighted by Crippen LogP contribution is -2.30. The van der Waals surface area contributed by atoms with Crippen LogP contribution in [0.5, 0.6) is 0 Å². The molecule has 1 saturated heterocycles. The molecule has 0 N–H and O–H groups in total. The number of hydrogen-bond donors (Lipinski definition) is 0. The summed E-state index contributed by atoms with van der Waals surface area (Å²) in [6.07, 6.45) is 0. The van der Waals surface area contributed by atoms with Gasteiger partial charge in [-0.2, -0.15) is 0 Å². The average molecular weight is 283 g/mol. The minimum Gasteiger partial charge on any atom is -0.468 e. The largest absolute Gasteiger partial charge is 0.468 e. The molecule has 1 fully saturated rings. The predicted octanol–water partition coefficient (Wildman–Crippen LogP) is 0.779. The highest BCUT2D eigenvalue weighted by atomic mass is 19.1. The number of carbonyl (C=O) groups excluding carboxylic acids is 3. The van der Waals surface area contributed by atoms with E-state index in [1.54, 1.807) is 0 Å². The van der Waals surface area contributed by atoms with Crippen molar-refractivity contribution in [1.29, 1.82) is 0 Å². The first-order chi connectivity index (χ1) is 9.43. The number of benzene rings is 1. The summed E-state index contributed by atoms with van der Waals surface area (Å²) in [6.45, 7) is -0.462. The Kier molecular flexibility index (Phi) is 3.78. The van der Waals surface area contributed by atoms with Crippen LogP contribution >= 0.6 is 0 Å². The third kappa shape index (κ3) is 2.52. The van der Waals surface area contributed by atoms with E-state index in [2.05, 4.69) is 4.74 Å². The van der Waals surface area contributed by atoms with Gasteiger partial charge >= 0.3 is 5.97 Å². The van der Waals surface area contributed by atoms with Gasteiger partial charge in [0, 0.05) is 12.6 Å². The van der Waals surface area contributed by atoms with E-state index in [9.17, 15) is 23.2 Å². The monoisotopic (exact) mass is 283 g/mol. The molecule has 20 heavy (non-hydrogen) atoms. The van der Waals surface area contributed by atoms with Crippen LogP contribution in [0.2, 0.25) is 0 Å². The van der Waals surface area contributed by atoms with Gasteiger partial charge in [-0.3, -0.25) is 14.4 Å². The molecule has 106 valence electrons. The molecule has 1 aromatic carbocycles. The first kappa shape index (κ1) is 14.1. The fourth-order valence-electron chi connectivity index (χ4n) is 2.02. The summed E-state index contributed by atoms with van der Waals surface area (Å²) in [7, 11) is 1.14. The molecule has 0 radical (unpaired) electrons. The van der Waals surface area contributed by atoms with E-state index in [0.29, 0.717) is 6.07 Å². The standard InChI is InChI=1S/C13H11F2NO4/c1-20-13(19)9-5-16(6-11(9)17)12(18)8-3-2-7(14)4-10(8)15/h2-4,9H,5-6H2,1H3. The van der Waals surface area contributed by atoms with Gasteiger partial charge in [0.2, 0.25) is 0 Å². The summed E-state index contributed by atoms with van der Waals surface area (Å²) in [5.41, 5.74) is -0.343. The number of methoxy groups -OCH3 is 1. The van der Waals surface area contributed by atoms with Crippen LogP contribution in [0.25, 0.3) is 0 Å². The van der Waals surface area contributed by atoms with Crippen LogP contribution in [-0.2, 0) is 14.3 Å². The first-order valence-corrected chi connectivity index (χ1v) is 5.79. The lowest BCUT2D eigenvalue weighted by atomic mass is 10.1. The molecule has 1 aromatic rings. The molecule has 0 aromatic heterocycles. The van der Waals surface area contributed by atoms with E-state index < -0.39 is 35.2 Å². The summed E-state index contributed by atoms with van der Waals surface area (Å²) in [5, 5.41) is 0. The normalized spacial score (nSPS) is 18.2. The fourth-order valence-corrected chi connectivity index (χ4v) is 2.02. The van der Waals surface area contributed by atoms with Crippen molar-refractivity contribution in [2.24, 2.45) is 5.92 Å². The SMILES string of the molecule is COC(=O)C1CN(C(=O)c2ccc(F)cc2F)CC1=O. The summed E-state index contributed by atoms with van der Waals surface area (Å²) < 4.78 is 30.7. The topological polar surface area (TPSA) is 63.7 Å². The van der Waals surface area contributed by atoms with Crippen molar-refractivity contribution in [3.8, 4) is 0 Å². The summed E-state index contributed by atoms with van der Waals surface area (Å²) >= 11 is 0. The molecule has 1 aliphatic heterocycles. The maximum Gasteiger partial charge on any atom is 0.318 e. The molecular formula is C13H11F2NO4. The maximum absolute atomic E-state index is 13.5. The van der Waals surface area contributed by atoms with Crippen molar-refractivity contribution in [3.63, 3.8) is 0 Å². The Balaban J connectivity index is 2.19. The first-order valence-electron chi connectivity index (χ1n) is 5.79. The smallest absolute Gasteiger partial charge is 0.318 e. The molecule has 5 nitrogen and oxygen atoms in total. The molecule has 0 spiro atoms. The highest BCUT2D eigenvalue weighted by Crippen LogP contribution is 2.19. The van der Waals surface area contributed by atoms with Crippen LogP contribution in [0.15, 0.2) is 18.2 Å². The Morgan fingerprint density at radius 3 is 2.65 bits per heavy atom. The minimum atomic E-state index is -1.05. The zero-order chi connectivity index (χ0) is 14.9. The number of ketones is 1. The second-order valence-corrected chi connectivity index (χ2v) is 4.35. The quantitative estimate of drug-likeness (QED) is 0.594. The number of carbonyl (C=O) groups is 3. The Labute approximate surface area is 113 Å². The maximum atomic E-state index is 13.5. The fraction of sp³-hybridized carbons (Fsp3) is 0.308. The van der Waals surface area contributed by atoms with Crippen LogP contribution in [0.4, 0.5) is 8.78 Å². The van der Waals surface area contributed by atoms with E-state index in [4.69, 9.17) is 0 Å². The number of nitrogens with zero attached hydrogens (tertiary/aromatic N) is 1. The Bertz CT molecular complexity index is 588. The van der Waals surface area contributed by atoms with E-state index in [-0.39, 0.29) is 18.7 Å². The molecule has 1 atom stereocenters. The zero-order valence-electron chi connectivity index (χ0n) is 10.6. The number of Topliss-reactive ketones (excluding diaryl/α,β-unsaturated/α-hetero) is 1. The second-order valence-electron chi connectivity index (χ2n) is 4.35.